The molecule has 0 spiro atoms. The molecule has 0 saturated heterocycles. The van der Waals surface area contributed by atoms with E-state index in [9.17, 15) is 0 Å². The van der Waals surface area contributed by atoms with Crippen molar-refractivity contribution in [3.05, 3.63) is 28.6 Å². The predicted molar refractivity (Wildman–Crippen MR) is 78.9 cm³/mol. The maximum atomic E-state index is 4.55. The van der Waals surface area contributed by atoms with Crippen LogP contribution in [0, 0.1) is 0 Å². The van der Waals surface area contributed by atoms with E-state index in [1.807, 2.05) is 6.92 Å². The monoisotopic (exact) mass is 321 g/mol. The Bertz CT molecular complexity index is 517. The van der Waals surface area contributed by atoms with Gasteiger partial charge in [0.1, 0.15) is 5.82 Å². The van der Waals surface area contributed by atoms with E-state index < -0.39 is 0 Å². The lowest BCUT2D eigenvalue weighted by molar-refractivity contribution is 0.864. The molecule has 0 aliphatic carbocycles. The molecule has 0 aliphatic rings. The largest absolute Gasteiger partial charge is 0.369 e. The van der Waals surface area contributed by atoms with Crippen molar-refractivity contribution in [3.63, 3.8) is 0 Å². The molecular formula is C13H16BrN5. The molecule has 0 aliphatic heterocycles. The van der Waals surface area contributed by atoms with E-state index in [0.717, 1.165) is 35.4 Å². The van der Waals surface area contributed by atoms with E-state index in [2.05, 4.69) is 48.1 Å². The number of anilines is 1. The smallest absolute Gasteiger partial charge is 0.200 e. The molecule has 0 bridgehead atoms. The zero-order chi connectivity index (χ0) is 13.7. The predicted octanol–water partition coefficient (Wildman–Crippen LogP) is 3.08. The first-order chi connectivity index (χ1) is 9.26. The van der Waals surface area contributed by atoms with E-state index in [-0.39, 0.29) is 0 Å². The van der Waals surface area contributed by atoms with Crippen LogP contribution in [0.5, 0.6) is 0 Å². The van der Waals surface area contributed by atoms with Crippen molar-refractivity contribution in [1.82, 2.24) is 19.9 Å². The summed E-state index contributed by atoms with van der Waals surface area (Å²) in [6.45, 7) is 4.96. The Morgan fingerprint density at radius 3 is 2.47 bits per heavy atom. The Labute approximate surface area is 121 Å². The quantitative estimate of drug-likeness (QED) is 0.916. The van der Waals surface area contributed by atoms with Crippen molar-refractivity contribution in [2.75, 3.05) is 11.9 Å². The summed E-state index contributed by atoms with van der Waals surface area (Å²) >= 11 is 3.56. The van der Waals surface area contributed by atoms with Crippen LogP contribution < -0.4 is 5.32 Å². The third-order valence-corrected chi connectivity index (χ3v) is 3.35. The zero-order valence-electron chi connectivity index (χ0n) is 11.0. The Morgan fingerprint density at radius 2 is 1.84 bits per heavy atom. The average Bonchev–Trinajstić information content (AvgIpc) is 2.44. The molecule has 5 nitrogen and oxygen atoms in total. The zero-order valence-corrected chi connectivity index (χ0v) is 12.6. The van der Waals surface area contributed by atoms with Crippen molar-refractivity contribution in [2.45, 2.75) is 26.7 Å². The Morgan fingerprint density at radius 1 is 1.11 bits per heavy atom. The molecule has 0 saturated carbocycles. The number of halogens is 1. The van der Waals surface area contributed by atoms with Gasteiger partial charge in [-0.05, 0) is 35.3 Å². The second kappa shape index (κ2) is 6.56. The molecule has 2 heterocycles. The van der Waals surface area contributed by atoms with Crippen LogP contribution >= 0.6 is 15.9 Å². The van der Waals surface area contributed by atoms with Gasteiger partial charge < -0.3 is 5.32 Å². The van der Waals surface area contributed by atoms with Crippen LogP contribution in [0.2, 0.25) is 0 Å². The first-order valence-corrected chi connectivity index (χ1v) is 7.13. The molecule has 6 heteroatoms. The fourth-order valence-corrected chi connectivity index (χ4v) is 2.21. The van der Waals surface area contributed by atoms with Crippen LogP contribution in [0.3, 0.4) is 0 Å². The van der Waals surface area contributed by atoms with Gasteiger partial charge in [-0.3, -0.25) is 0 Å². The normalized spacial score (nSPS) is 10.5. The maximum Gasteiger partial charge on any atom is 0.200 e. The third kappa shape index (κ3) is 3.26. The lowest BCUT2D eigenvalue weighted by Crippen LogP contribution is -2.07. The van der Waals surface area contributed by atoms with Crippen LogP contribution in [0.15, 0.2) is 22.9 Å². The summed E-state index contributed by atoms with van der Waals surface area (Å²) in [4.78, 5) is 17.4. The van der Waals surface area contributed by atoms with Crippen molar-refractivity contribution < 1.29 is 0 Å². The number of aryl methyl sites for hydroxylation is 1. The standard InChI is InChI=1S/C13H16BrN5/c1-3-6-9-10(14)11(15-4-2)19-13(18-9)12-16-7-5-8-17-12/h5,7-8H,3-4,6H2,1-2H3,(H,15,18,19). The topological polar surface area (TPSA) is 63.6 Å². The first-order valence-electron chi connectivity index (χ1n) is 6.34. The molecule has 1 N–H and O–H groups in total. The number of hydrogen-bond donors (Lipinski definition) is 1. The highest BCUT2D eigenvalue weighted by atomic mass is 79.9. The Balaban J connectivity index is 2.49. The molecule has 100 valence electrons. The van der Waals surface area contributed by atoms with Crippen LogP contribution in [-0.4, -0.2) is 26.5 Å². The van der Waals surface area contributed by atoms with Crippen molar-refractivity contribution >= 4 is 21.7 Å². The van der Waals surface area contributed by atoms with E-state index in [1.165, 1.54) is 0 Å². The van der Waals surface area contributed by atoms with Gasteiger partial charge in [-0.25, -0.2) is 19.9 Å². The minimum atomic E-state index is 0.548. The van der Waals surface area contributed by atoms with Crippen molar-refractivity contribution in [2.24, 2.45) is 0 Å². The highest BCUT2D eigenvalue weighted by Crippen LogP contribution is 2.26. The van der Waals surface area contributed by atoms with E-state index in [1.54, 1.807) is 18.5 Å². The van der Waals surface area contributed by atoms with Crippen LogP contribution in [0.4, 0.5) is 5.82 Å². The van der Waals surface area contributed by atoms with Gasteiger partial charge in [0.2, 0.25) is 0 Å². The highest BCUT2D eigenvalue weighted by Gasteiger charge is 2.13. The number of nitrogens with zero attached hydrogens (tertiary/aromatic N) is 4. The lowest BCUT2D eigenvalue weighted by Gasteiger charge is -2.11. The number of hydrogen-bond acceptors (Lipinski definition) is 5. The van der Waals surface area contributed by atoms with Crippen molar-refractivity contribution in [3.8, 4) is 11.6 Å². The van der Waals surface area contributed by atoms with Gasteiger partial charge in [-0.15, -0.1) is 0 Å². The summed E-state index contributed by atoms with van der Waals surface area (Å²) in [6, 6.07) is 1.78. The Hall–Kier alpha value is -1.56. The molecular weight excluding hydrogens is 306 g/mol. The lowest BCUT2D eigenvalue weighted by atomic mass is 10.2. The van der Waals surface area contributed by atoms with Crippen LogP contribution in [0.25, 0.3) is 11.6 Å². The second-order valence-corrected chi connectivity index (χ2v) is 4.80. The summed E-state index contributed by atoms with van der Waals surface area (Å²) in [5, 5.41) is 3.23. The van der Waals surface area contributed by atoms with Gasteiger partial charge >= 0.3 is 0 Å². The van der Waals surface area contributed by atoms with Gasteiger partial charge in [-0.2, -0.15) is 0 Å². The van der Waals surface area contributed by atoms with E-state index in [4.69, 9.17) is 0 Å². The number of nitrogens with one attached hydrogen (secondary N) is 1. The molecule has 2 rings (SSSR count). The Kier molecular flexibility index (Phi) is 4.79. The summed E-state index contributed by atoms with van der Waals surface area (Å²) < 4.78 is 0.927. The third-order valence-electron chi connectivity index (χ3n) is 2.52. The average molecular weight is 322 g/mol. The van der Waals surface area contributed by atoms with Gasteiger partial charge in [0.15, 0.2) is 11.6 Å². The van der Waals surface area contributed by atoms with Crippen LogP contribution in [-0.2, 0) is 6.42 Å². The molecule has 0 aromatic carbocycles. The van der Waals surface area contributed by atoms with Gasteiger partial charge in [0.05, 0.1) is 10.2 Å². The summed E-state index contributed by atoms with van der Waals surface area (Å²) in [5.74, 6) is 1.90. The maximum absolute atomic E-state index is 4.55. The summed E-state index contributed by atoms with van der Waals surface area (Å²) in [7, 11) is 0. The van der Waals surface area contributed by atoms with Crippen molar-refractivity contribution in [1.29, 1.82) is 0 Å². The SMILES string of the molecule is CCCc1nc(-c2ncccn2)nc(NCC)c1Br. The fourth-order valence-electron chi connectivity index (χ4n) is 1.70. The molecule has 2 aromatic heterocycles. The molecule has 0 atom stereocenters. The summed E-state index contributed by atoms with van der Waals surface area (Å²) in [5.41, 5.74) is 0.982. The molecule has 0 amide bonds. The highest BCUT2D eigenvalue weighted by molar-refractivity contribution is 9.10. The molecule has 0 radical (unpaired) electrons. The molecule has 2 aromatic rings. The van der Waals surface area contributed by atoms with Gasteiger partial charge in [0.25, 0.3) is 0 Å². The van der Waals surface area contributed by atoms with Gasteiger partial charge in [0, 0.05) is 18.9 Å². The molecule has 0 unspecified atom stereocenters. The minimum Gasteiger partial charge on any atom is -0.369 e. The number of aromatic nitrogens is 4. The van der Waals surface area contributed by atoms with E-state index >= 15 is 0 Å². The fraction of sp³-hybridized carbons (Fsp3) is 0.385. The minimum absolute atomic E-state index is 0.548. The van der Waals surface area contributed by atoms with Crippen LogP contribution in [0.1, 0.15) is 26.0 Å². The summed E-state index contributed by atoms with van der Waals surface area (Å²) in [6.07, 6.45) is 5.30. The number of rotatable bonds is 5. The second-order valence-electron chi connectivity index (χ2n) is 4.01. The molecule has 19 heavy (non-hydrogen) atoms. The molecule has 0 fully saturated rings. The van der Waals surface area contributed by atoms with Gasteiger partial charge in [-0.1, -0.05) is 13.3 Å². The first kappa shape index (κ1) is 13.9. The van der Waals surface area contributed by atoms with E-state index in [0.29, 0.717) is 11.6 Å².